The Morgan fingerprint density at radius 3 is 2.79 bits per heavy atom. The Bertz CT molecular complexity index is 908. The number of carbonyl (C=O) groups excluding carboxylic acids is 1. The molecule has 8 heteroatoms. The van der Waals surface area contributed by atoms with E-state index >= 15 is 0 Å². The van der Waals surface area contributed by atoms with Crippen LogP contribution in [-0.2, 0) is 7.05 Å². The topological polar surface area (TPSA) is 84.7 Å². The Labute approximate surface area is 143 Å². The molecule has 3 aromatic rings. The number of nitrogens with one attached hydrogen (secondary N) is 2. The molecule has 0 unspecified atom stereocenters. The second-order valence-electron chi connectivity index (χ2n) is 6.24. The molecule has 2 N–H and O–H groups in total. The van der Waals surface area contributed by atoms with Crippen LogP contribution in [0.1, 0.15) is 41.9 Å². The molecule has 3 aromatic heterocycles. The number of hydrogen-bond donors (Lipinski definition) is 2. The van der Waals surface area contributed by atoms with Gasteiger partial charge >= 0.3 is 0 Å². The first-order chi connectivity index (χ1) is 11.7. The first-order valence-electron chi connectivity index (χ1n) is 8.27. The van der Waals surface area contributed by atoms with E-state index in [2.05, 4.69) is 25.6 Å². The van der Waals surface area contributed by atoms with Crippen LogP contribution in [0.5, 0.6) is 0 Å². The van der Waals surface area contributed by atoms with Crippen molar-refractivity contribution < 1.29 is 4.79 Å². The third-order valence-electron chi connectivity index (χ3n) is 4.58. The van der Waals surface area contributed by atoms with Crippen molar-refractivity contribution in [3.63, 3.8) is 0 Å². The molecule has 0 saturated heterocycles. The molecule has 24 heavy (non-hydrogen) atoms. The summed E-state index contributed by atoms with van der Waals surface area (Å²) in [6.07, 6.45) is 7.51. The van der Waals surface area contributed by atoms with E-state index in [1.54, 1.807) is 6.33 Å². The number of aryl methyl sites for hydroxylation is 1. The molecular weight excluding hydrogens is 324 g/mol. The number of aromatic nitrogens is 4. The fourth-order valence-electron chi connectivity index (χ4n) is 3.34. The van der Waals surface area contributed by atoms with Gasteiger partial charge in [-0.3, -0.25) is 4.79 Å². The minimum Gasteiger partial charge on any atom is -0.371 e. The number of thiazole rings is 1. The summed E-state index contributed by atoms with van der Waals surface area (Å²) in [5.41, 5.74) is 2.41. The number of fused-ring (bicyclic) bond motifs is 3. The van der Waals surface area contributed by atoms with E-state index in [1.165, 1.54) is 30.6 Å². The van der Waals surface area contributed by atoms with Crippen LogP contribution in [0.15, 0.2) is 6.33 Å². The molecular formula is C16H20N6OS. The summed E-state index contributed by atoms with van der Waals surface area (Å²) in [5.74, 6) is 0.618. The summed E-state index contributed by atoms with van der Waals surface area (Å²) < 4.78 is 1.92. The number of anilines is 1. The molecule has 3 heterocycles. The minimum atomic E-state index is -0.0915. The number of rotatable bonds is 3. The van der Waals surface area contributed by atoms with Crippen molar-refractivity contribution in [3.8, 4) is 0 Å². The van der Waals surface area contributed by atoms with E-state index in [1.807, 2.05) is 18.7 Å². The molecule has 126 valence electrons. The van der Waals surface area contributed by atoms with Crippen molar-refractivity contribution in [2.24, 2.45) is 7.05 Å². The zero-order valence-corrected chi connectivity index (χ0v) is 14.6. The number of imidazole rings is 1. The zero-order chi connectivity index (χ0) is 16.7. The highest BCUT2D eigenvalue weighted by Gasteiger charge is 2.22. The quantitative estimate of drug-likeness (QED) is 0.763. The predicted octanol–water partition coefficient (Wildman–Crippen LogP) is 2.68. The highest BCUT2D eigenvalue weighted by molar-refractivity contribution is 7.20. The third-order valence-corrected chi connectivity index (χ3v) is 5.53. The first kappa shape index (κ1) is 15.3. The SMILES string of the molecule is CNc1nc2sc(C(=O)NC3CCCCC3)nc2c2c1ncn2C. The van der Waals surface area contributed by atoms with Gasteiger partial charge in [-0.15, -0.1) is 0 Å². The van der Waals surface area contributed by atoms with E-state index in [0.717, 1.165) is 34.2 Å². The fraction of sp³-hybridized carbons (Fsp3) is 0.500. The van der Waals surface area contributed by atoms with Crippen molar-refractivity contribution in [1.82, 2.24) is 24.8 Å². The van der Waals surface area contributed by atoms with Gasteiger partial charge in [0.05, 0.1) is 6.33 Å². The number of carbonyl (C=O) groups is 1. The van der Waals surface area contributed by atoms with Crippen LogP contribution in [0.4, 0.5) is 5.82 Å². The van der Waals surface area contributed by atoms with Crippen LogP contribution in [0.3, 0.4) is 0 Å². The van der Waals surface area contributed by atoms with E-state index < -0.39 is 0 Å². The molecule has 0 atom stereocenters. The summed E-state index contributed by atoms with van der Waals surface area (Å²) in [5, 5.41) is 6.67. The average molecular weight is 344 g/mol. The molecule has 0 radical (unpaired) electrons. The lowest BCUT2D eigenvalue weighted by molar-refractivity contribution is 0.0927. The van der Waals surface area contributed by atoms with Gasteiger partial charge in [0.25, 0.3) is 5.91 Å². The van der Waals surface area contributed by atoms with Crippen LogP contribution in [-0.4, -0.2) is 38.5 Å². The van der Waals surface area contributed by atoms with Gasteiger partial charge in [0, 0.05) is 20.1 Å². The van der Waals surface area contributed by atoms with Crippen molar-refractivity contribution in [2.75, 3.05) is 12.4 Å². The standard InChI is InChI=1S/C16H20N6OS/c1-17-13-10-12(22(2)8-18-10)11-15(21-13)24-16(20-11)14(23)19-9-6-4-3-5-7-9/h8-9H,3-7H2,1-2H3,(H,17,21)(H,19,23). The molecule has 4 rings (SSSR count). The van der Waals surface area contributed by atoms with Crippen molar-refractivity contribution >= 4 is 44.4 Å². The van der Waals surface area contributed by atoms with Crippen LogP contribution >= 0.6 is 11.3 Å². The number of nitrogens with zero attached hydrogens (tertiary/aromatic N) is 4. The number of hydrogen-bond acceptors (Lipinski definition) is 6. The maximum atomic E-state index is 12.6. The van der Waals surface area contributed by atoms with Gasteiger partial charge in [0.2, 0.25) is 0 Å². The first-order valence-corrected chi connectivity index (χ1v) is 9.09. The Morgan fingerprint density at radius 2 is 2.04 bits per heavy atom. The maximum absolute atomic E-state index is 12.6. The highest BCUT2D eigenvalue weighted by Crippen LogP contribution is 2.31. The summed E-state index contributed by atoms with van der Waals surface area (Å²) in [6, 6.07) is 0.274. The third kappa shape index (κ3) is 2.50. The fourth-order valence-corrected chi connectivity index (χ4v) is 4.19. The molecule has 1 aliphatic carbocycles. The van der Waals surface area contributed by atoms with Gasteiger partial charge in [-0.25, -0.2) is 15.0 Å². The second-order valence-corrected chi connectivity index (χ2v) is 7.22. The van der Waals surface area contributed by atoms with Gasteiger partial charge in [0.1, 0.15) is 21.4 Å². The van der Waals surface area contributed by atoms with Crippen LogP contribution < -0.4 is 10.6 Å². The van der Waals surface area contributed by atoms with E-state index in [4.69, 9.17) is 0 Å². The van der Waals surface area contributed by atoms with Gasteiger partial charge < -0.3 is 15.2 Å². The lowest BCUT2D eigenvalue weighted by Crippen LogP contribution is -2.36. The minimum absolute atomic E-state index is 0.0915. The van der Waals surface area contributed by atoms with Crippen molar-refractivity contribution in [3.05, 3.63) is 11.3 Å². The molecule has 7 nitrogen and oxygen atoms in total. The van der Waals surface area contributed by atoms with Crippen molar-refractivity contribution in [1.29, 1.82) is 0 Å². The van der Waals surface area contributed by atoms with Gasteiger partial charge in [-0.1, -0.05) is 30.6 Å². The molecule has 1 aliphatic rings. The molecule has 0 spiro atoms. The number of pyridine rings is 1. The molecule has 1 fully saturated rings. The normalized spacial score (nSPS) is 15.9. The zero-order valence-electron chi connectivity index (χ0n) is 13.8. The number of amides is 1. The Kier molecular flexibility index (Phi) is 3.84. The Morgan fingerprint density at radius 1 is 1.25 bits per heavy atom. The predicted molar refractivity (Wildman–Crippen MR) is 95.6 cm³/mol. The molecule has 1 saturated carbocycles. The van der Waals surface area contributed by atoms with Crippen LogP contribution in [0, 0.1) is 0 Å². The van der Waals surface area contributed by atoms with E-state index in [-0.39, 0.29) is 11.9 Å². The van der Waals surface area contributed by atoms with E-state index in [0.29, 0.717) is 10.8 Å². The van der Waals surface area contributed by atoms with Gasteiger partial charge in [-0.05, 0) is 12.8 Å². The molecule has 0 bridgehead atoms. The molecule has 0 aliphatic heterocycles. The van der Waals surface area contributed by atoms with Gasteiger partial charge in [0.15, 0.2) is 10.8 Å². The molecule has 1 amide bonds. The lowest BCUT2D eigenvalue weighted by atomic mass is 9.95. The summed E-state index contributed by atoms with van der Waals surface area (Å²) in [6.45, 7) is 0. The summed E-state index contributed by atoms with van der Waals surface area (Å²) in [7, 11) is 3.75. The smallest absolute Gasteiger partial charge is 0.280 e. The molecule has 0 aromatic carbocycles. The van der Waals surface area contributed by atoms with Crippen LogP contribution in [0.2, 0.25) is 0 Å². The second kappa shape index (κ2) is 6.01. The van der Waals surface area contributed by atoms with Gasteiger partial charge in [-0.2, -0.15) is 0 Å². The monoisotopic (exact) mass is 344 g/mol. The lowest BCUT2D eigenvalue weighted by Gasteiger charge is -2.22. The summed E-state index contributed by atoms with van der Waals surface area (Å²) in [4.78, 5) is 26.9. The van der Waals surface area contributed by atoms with Crippen LogP contribution in [0.25, 0.3) is 21.4 Å². The maximum Gasteiger partial charge on any atom is 0.280 e. The Hall–Kier alpha value is -2.22. The van der Waals surface area contributed by atoms with Crippen molar-refractivity contribution in [2.45, 2.75) is 38.1 Å². The summed E-state index contributed by atoms with van der Waals surface area (Å²) >= 11 is 1.34. The largest absolute Gasteiger partial charge is 0.371 e. The average Bonchev–Trinajstić information content (AvgIpc) is 3.18. The Balaban J connectivity index is 1.73. The highest BCUT2D eigenvalue weighted by atomic mass is 32.1. The van der Waals surface area contributed by atoms with E-state index in [9.17, 15) is 4.79 Å².